The minimum atomic E-state index is -0.0157. The first-order valence-electron chi connectivity index (χ1n) is 7.44. The Morgan fingerprint density at radius 3 is 2.42 bits per heavy atom. The number of hydrogen-bond acceptors (Lipinski definition) is 3. The van der Waals surface area contributed by atoms with Crippen molar-refractivity contribution in [1.29, 1.82) is 0 Å². The van der Waals surface area contributed by atoms with Crippen LogP contribution in [0.4, 0.5) is 0 Å². The third-order valence-corrected chi connectivity index (χ3v) is 4.60. The van der Waals surface area contributed by atoms with Crippen molar-refractivity contribution in [2.45, 2.75) is 58.0 Å². The summed E-state index contributed by atoms with van der Waals surface area (Å²) in [5.74, 6) is 0. The zero-order valence-corrected chi connectivity index (χ0v) is 12.5. The lowest BCUT2D eigenvalue weighted by Crippen LogP contribution is -2.51. The fourth-order valence-electron chi connectivity index (χ4n) is 3.03. The van der Waals surface area contributed by atoms with Crippen molar-refractivity contribution in [2.24, 2.45) is 5.73 Å². The van der Waals surface area contributed by atoms with Gasteiger partial charge in [-0.3, -0.25) is 9.88 Å². The summed E-state index contributed by atoms with van der Waals surface area (Å²) in [6.45, 7) is 9.00. The second-order valence-electron chi connectivity index (χ2n) is 6.26. The number of nitrogens with two attached hydrogens (primary N) is 1. The van der Waals surface area contributed by atoms with E-state index in [0.717, 1.165) is 0 Å². The largest absolute Gasteiger partial charge is 0.322 e. The van der Waals surface area contributed by atoms with Crippen molar-refractivity contribution in [2.75, 3.05) is 13.1 Å². The van der Waals surface area contributed by atoms with Gasteiger partial charge in [-0.25, -0.2) is 0 Å². The zero-order chi connectivity index (χ0) is 13.9. The normalized spacial score (nSPS) is 20.0. The number of rotatable bonds is 3. The highest BCUT2D eigenvalue weighted by molar-refractivity contribution is 5.27. The van der Waals surface area contributed by atoms with Crippen molar-refractivity contribution >= 4 is 0 Å². The van der Waals surface area contributed by atoms with Gasteiger partial charge in [-0.2, -0.15) is 0 Å². The smallest absolute Gasteiger partial charge is 0.0494 e. The van der Waals surface area contributed by atoms with Crippen molar-refractivity contribution in [3.05, 3.63) is 29.6 Å². The van der Waals surface area contributed by atoms with E-state index in [1.165, 1.54) is 49.9 Å². The van der Waals surface area contributed by atoms with E-state index < -0.39 is 0 Å². The molecule has 1 fully saturated rings. The van der Waals surface area contributed by atoms with E-state index in [-0.39, 0.29) is 11.6 Å². The van der Waals surface area contributed by atoms with Crippen LogP contribution in [-0.4, -0.2) is 28.5 Å². The second kappa shape index (κ2) is 6.02. The van der Waals surface area contributed by atoms with Crippen molar-refractivity contribution in [1.82, 2.24) is 9.88 Å². The van der Waals surface area contributed by atoms with Gasteiger partial charge < -0.3 is 5.73 Å². The van der Waals surface area contributed by atoms with Crippen LogP contribution in [-0.2, 0) is 0 Å². The Labute approximate surface area is 117 Å². The summed E-state index contributed by atoms with van der Waals surface area (Å²) < 4.78 is 0. The zero-order valence-electron chi connectivity index (χ0n) is 12.5. The molecule has 1 aliphatic heterocycles. The highest BCUT2D eigenvalue weighted by Gasteiger charge is 2.34. The first-order valence-corrected chi connectivity index (χ1v) is 7.44. The maximum atomic E-state index is 6.57. The van der Waals surface area contributed by atoms with E-state index in [4.69, 9.17) is 5.73 Å². The van der Waals surface area contributed by atoms with E-state index in [1.807, 2.05) is 18.5 Å². The second-order valence-corrected chi connectivity index (χ2v) is 6.26. The monoisotopic (exact) mass is 261 g/mol. The number of hydrogen-bond donors (Lipinski definition) is 1. The van der Waals surface area contributed by atoms with E-state index in [1.54, 1.807) is 0 Å². The number of aromatic nitrogens is 1. The number of likely N-dealkylation sites (tertiary alicyclic amines) is 1. The van der Waals surface area contributed by atoms with Crippen molar-refractivity contribution in [3.8, 4) is 0 Å². The van der Waals surface area contributed by atoms with Crippen LogP contribution >= 0.6 is 0 Å². The third kappa shape index (κ3) is 3.15. The van der Waals surface area contributed by atoms with E-state index in [9.17, 15) is 0 Å². The number of pyridine rings is 1. The summed E-state index contributed by atoms with van der Waals surface area (Å²) in [5, 5.41) is 0. The molecule has 1 aromatic rings. The molecule has 106 valence electrons. The summed E-state index contributed by atoms with van der Waals surface area (Å²) >= 11 is 0. The van der Waals surface area contributed by atoms with Crippen LogP contribution in [0.15, 0.2) is 18.5 Å². The maximum Gasteiger partial charge on any atom is 0.0494 e. The molecule has 1 aromatic heterocycles. The van der Waals surface area contributed by atoms with Crippen LogP contribution < -0.4 is 5.73 Å². The molecule has 1 unspecified atom stereocenters. The van der Waals surface area contributed by atoms with Gasteiger partial charge in [-0.15, -0.1) is 0 Å². The molecule has 0 aromatic carbocycles. The van der Waals surface area contributed by atoms with Gasteiger partial charge in [0.1, 0.15) is 0 Å². The lowest BCUT2D eigenvalue weighted by Gasteiger charge is -2.42. The predicted octanol–water partition coefficient (Wildman–Crippen LogP) is 3.04. The standard InChI is InChI=1S/C16H27N3/c1-13-8-9-18-12-14(13)15(17)16(2,3)19-10-6-4-5-7-11-19/h8-9,12,15H,4-7,10-11,17H2,1-3H3. The highest BCUT2D eigenvalue weighted by atomic mass is 15.2. The molecule has 0 radical (unpaired) electrons. The molecule has 3 nitrogen and oxygen atoms in total. The first kappa shape index (κ1) is 14.5. The Hall–Kier alpha value is -0.930. The fraction of sp³-hybridized carbons (Fsp3) is 0.688. The van der Waals surface area contributed by atoms with Gasteiger partial charge in [0, 0.05) is 24.0 Å². The van der Waals surface area contributed by atoms with Crippen molar-refractivity contribution in [3.63, 3.8) is 0 Å². The van der Waals surface area contributed by atoms with Gasteiger partial charge >= 0.3 is 0 Å². The number of nitrogens with zero attached hydrogens (tertiary/aromatic N) is 2. The van der Waals surface area contributed by atoms with Crippen molar-refractivity contribution < 1.29 is 0 Å². The van der Waals surface area contributed by atoms with Gasteiger partial charge in [0.25, 0.3) is 0 Å². The van der Waals surface area contributed by atoms with E-state index >= 15 is 0 Å². The lowest BCUT2D eigenvalue weighted by atomic mass is 9.86. The van der Waals surface area contributed by atoms with Crippen LogP contribution in [0.1, 0.15) is 56.7 Å². The summed E-state index contributed by atoms with van der Waals surface area (Å²) in [6, 6.07) is 2.06. The molecule has 1 atom stereocenters. The molecular weight excluding hydrogens is 234 g/mol. The Kier molecular flexibility index (Phi) is 4.58. The van der Waals surface area contributed by atoms with Crippen LogP contribution in [0, 0.1) is 6.92 Å². The molecular formula is C16H27N3. The highest BCUT2D eigenvalue weighted by Crippen LogP contribution is 2.32. The molecule has 2 heterocycles. The molecule has 2 rings (SSSR count). The summed E-state index contributed by atoms with van der Waals surface area (Å²) in [4.78, 5) is 6.81. The SMILES string of the molecule is Cc1ccncc1C(N)C(C)(C)N1CCCCCC1. The van der Waals surface area contributed by atoms with Crippen LogP contribution in [0.25, 0.3) is 0 Å². The fourth-order valence-corrected chi connectivity index (χ4v) is 3.03. The summed E-state index contributed by atoms with van der Waals surface area (Å²) in [7, 11) is 0. The molecule has 0 bridgehead atoms. The molecule has 1 saturated heterocycles. The average molecular weight is 261 g/mol. The first-order chi connectivity index (χ1) is 9.03. The average Bonchev–Trinajstić information content (AvgIpc) is 2.67. The molecule has 3 heteroatoms. The molecule has 19 heavy (non-hydrogen) atoms. The maximum absolute atomic E-state index is 6.57. The minimum absolute atomic E-state index is 0.0132. The Balaban J connectivity index is 2.20. The molecule has 0 aliphatic carbocycles. The Morgan fingerprint density at radius 2 is 1.84 bits per heavy atom. The third-order valence-electron chi connectivity index (χ3n) is 4.60. The quantitative estimate of drug-likeness (QED) is 0.909. The van der Waals surface area contributed by atoms with Crippen LogP contribution in [0.5, 0.6) is 0 Å². The molecule has 1 aliphatic rings. The van der Waals surface area contributed by atoms with Gasteiger partial charge in [-0.05, 0) is 63.9 Å². The lowest BCUT2D eigenvalue weighted by molar-refractivity contribution is 0.0977. The van der Waals surface area contributed by atoms with Gasteiger partial charge in [-0.1, -0.05) is 12.8 Å². The summed E-state index contributed by atoms with van der Waals surface area (Å²) in [5.41, 5.74) is 8.98. The molecule has 0 amide bonds. The minimum Gasteiger partial charge on any atom is -0.322 e. The van der Waals surface area contributed by atoms with Crippen LogP contribution in [0.3, 0.4) is 0 Å². The van der Waals surface area contributed by atoms with E-state index in [0.29, 0.717) is 0 Å². The predicted molar refractivity (Wildman–Crippen MR) is 80.0 cm³/mol. The van der Waals surface area contributed by atoms with Crippen LogP contribution in [0.2, 0.25) is 0 Å². The molecule has 2 N–H and O–H groups in total. The topological polar surface area (TPSA) is 42.1 Å². The van der Waals surface area contributed by atoms with Gasteiger partial charge in [0.2, 0.25) is 0 Å². The Bertz CT molecular complexity index is 406. The molecule has 0 saturated carbocycles. The Morgan fingerprint density at radius 1 is 1.21 bits per heavy atom. The van der Waals surface area contributed by atoms with Gasteiger partial charge in [0.15, 0.2) is 0 Å². The molecule has 0 spiro atoms. The number of aryl methyl sites for hydroxylation is 1. The van der Waals surface area contributed by atoms with E-state index in [2.05, 4.69) is 30.7 Å². The summed E-state index contributed by atoms with van der Waals surface area (Å²) in [6.07, 6.45) is 9.07. The van der Waals surface area contributed by atoms with Gasteiger partial charge in [0.05, 0.1) is 0 Å².